The molecule has 1 atom stereocenters. The van der Waals surface area contributed by atoms with Gasteiger partial charge >= 0.3 is 5.69 Å². The van der Waals surface area contributed by atoms with Crippen molar-refractivity contribution in [2.75, 3.05) is 18.4 Å². The lowest BCUT2D eigenvalue weighted by atomic mass is 10.1. The Labute approximate surface area is 132 Å². The molecule has 4 N–H and O–H groups in total. The Morgan fingerprint density at radius 1 is 1.30 bits per heavy atom. The molecule has 122 valence electrons. The second-order valence-electron chi connectivity index (χ2n) is 5.60. The van der Waals surface area contributed by atoms with Crippen LogP contribution in [0.2, 0.25) is 0 Å². The molecule has 0 aliphatic carbocycles. The van der Waals surface area contributed by atoms with Gasteiger partial charge in [0.1, 0.15) is 6.04 Å². The number of nitrogens with zero attached hydrogens (tertiary/aromatic N) is 2. The average Bonchev–Trinajstić information content (AvgIpc) is 2.77. The second kappa shape index (κ2) is 5.88. The van der Waals surface area contributed by atoms with Crippen LogP contribution in [0.4, 0.5) is 5.69 Å². The maximum absolute atomic E-state index is 12.6. The average molecular weight is 317 g/mol. The molecule has 1 aromatic heterocycles. The molecule has 1 unspecified atom stereocenters. The predicted octanol–water partition coefficient (Wildman–Crippen LogP) is -0.312. The van der Waals surface area contributed by atoms with Crippen LogP contribution in [0.15, 0.2) is 23.0 Å². The molecular weight excluding hydrogens is 298 g/mol. The topological polar surface area (TPSA) is 111 Å². The summed E-state index contributed by atoms with van der Waals surface area (Å²) in [6.07, 6.45) is 0.562. The number of rotatable bonds is 4. The SMILES string of the molecule is Cn1c(=O)n(C2CCC(=O)NC2=O)c2ccc(NCCN)cc21. The normalized spacial score (nSPS) is 18.3. The van der Waals surface area contributed by atoms with E-state index in [0.717, 1.165) is 11.2 Å². The summed E-state index contributed by atoms with van der Waals surface area (Å²) in [4.78, 5) is 36.0. The summed E-state index contributed by atoms with van der Waals surface area (Å²) in [5, 5.41) is 5.46. The number of amides is 2. The number of imide groups is 1. The Morgan fingerprint density at radius 2 is 2.09 bits per heavy atom. The number of nitrogens with one attached hydrogen (secondary N) is 2. The zero-order chi connectivity index (χ0) is 16.6. The first-order chi connectivity index (χ1) is 11.0. The molecule has 1 saturated heterocycles. The molecule has 0 radical (unpaired) electrons. The number of imidazole rings is 1. The van der Waals surface area contributed by atoms with Gasteiger partial charge in [0.05, 0.1) is 11.0 Å². The van der Waals surface area contributed by atoms with Crippen LogP contribution in [0.25, 0.3) is 11.0 Å². The standard InChI is InChI=1S/C15H19N5O3/c1-19-12-8-9(17-7-6-16)2-3-10(12)20(15(19)23)11-4-5-13(21)18-14(11)22/h2-3,8,11,17H,4-7,16H2,1H3,(H,18,21,22). The minimum atomic E-state index is -0.660. The van der Waals surface area contributed by atoms with Crippen molar-refractivity contribution < 1.29 is 9.59 Å². The molecule has 0 spiro atoms. The van der Waals surface area contributed by atoms with Gasteiger partial charge in [-0.05, 0) is 24.6 Å². The Balaban J connectivity index is 2.07. The van der Waals surface area contributed by atoms with Gasteiger partial charge < -0.3 is 11.1 Å². The van der Waals surface area contributed by atoms with Crippen molar-refractivity contribution in [3.63, 3.8) is 0 Å². The van der Waals surface area contributed by atoms with E-state index in [-0.39, 0.29) is 18.0 Å². The molecular formula is C15H19N5O3. The summed E-state index contributed by atoms with van der Waals surface area (Å²) in [5.74, 6) is -0.728. The maximum Gasteiger partial charge on any atom is 0.329 e. The first kappa shape index (κ1) is 15.3. The molecule has 2 amide bonds. The number of hydrogen-bond acceptors (Lipinski definition) is 5. The van der Waals surface area contributed by atoms with E-state index in [0.29, 0.717) is 25.0 Å². The molecule has 1 aliphatic rings. The summed E-state index contributed by atoms with van der Waals surface area (Å²) in [7, 11) is 1.67. The van der Waals surface area contributed by atoms with Crippen LogP contribution in [-0.4, -0.2) is 34.0 Å². The number of anilines is 1. The van der Waals surface area contributed by atoms with Crippen LogP contribution >= 0.6 is 0 Å². The van der Waals surface area contributed by atoms with Crippen molar-refractivity contribution in [3.8, 4) is 0 Å². The largest absolute Gasteiger partial charge is 0.384 e. The summed E-state index contributed by atoms with van der Waals surface area (Å²) in [5.41, 5.74) is 7.46. The van der Waals surface area contributed by atoms with Gasteiger partial charge in [-0.1, -0.05) is 0 Å². The van der Waals surface area contributed by atoms with Crippen molar-refractivity contribution in [1.82, 2.24) is 14.5 Å². The molecule has 2 heterocycles. The van der Waals surface area contributed by atoms with E-state index in [1.807, 2.05) is 12.1 Å². The molecule has 8 heteroatoms. The number of hydrogen-bond donors (Lipinski definition) is 3. The fourth-order valence-corrected chi connectivity index (χ4v) is 2.92. The molecule has 0 saturated carbocycles. The lowest BCUT2D eigenvalue weighted by molar-refractivity contribution is -0.135. The highest BCUT2D eigenvalue weighted by molar-refractivity contribution is 6.00. The van der Waals surface area contributed by atoms with Crippen LogP contribution in [0.3, 0.4) is 0 Å². The number of nitrogens with two attached hydrogens (primary N) is 1. The Bertz CT molecular complexity index is 835. The van der Waals surface area contributed by atoms with Gasteiger partial charge in [0.2, 0.25) is 11.8 Å². The lowest BCUT2D eigenvalue weighted by Crippen LogP contribution is -2.44. The van der Waals surface area contributed by atoms with Gasteiger partial charge in [-0.3, -0.25) is 24.0 Å². The van der Waals surface area contributed by atoms with Crippen molar-refractivity contribution in [2.24, 2.45) is 12.8 Å². The molecule has 1 aliphatic heterocycles. The number of piperidine rings is 1. The highest BCUT2D eigenvalue weighted by Crippen LogP contribution is 2.24. The molecule has 1 aromatic carbocycles. The number of aryl methyl sites for hydroxylation is 1. The van der Waals surface area contributed by atoms with Crippen molar-refractivity contribution in [1.29, 1.82) is 0 Å². The Kier molecular flexibility index (Phi) is 3.91. The zero-order valence-corrected chi connectivity index (χ0v) is 12.8. The molecule has 23 heavy (non-hydrogen) atoms. The van der Waals surface area contributed by atoms with Gasteiger partial charge in [-0.25, -0.2) is 4.79 Å². The molecule has 1 fully saturated rings. The van der Waals surface area contributed by atoms with Gasteiger partial charge in [0, 0.05) is 32.2 Å². The van der Waals surface area contributed by atoms with E-state index < -0.39 is 11.9 Å². The highest BCUT2D eigenvalue weighted by atomic mass is 16.2. The lowest BCUT2D eigenvalue weighted by Gasteiger charge is -2.21. The van der Waals surface area contributed by atoms with E-state index in [2.05, 4.69) is 10.6 Å². The summed E-state index contributed by atoms with van der Waals surface area (Å²) in [6.45, 7) is 1.14. The fourth-order valence-electron chi connectivity index (χ4n) is 2.92. The van der Waals surface area contributed by atoms with Crippen LogP contribution in [0.1, 0.15) is 18.9 Å². The van der Waals surface area contributed by atoms with E-state index in [4.69, 9.17) is 5.73 Å². The number of aromatic nitrogens is 2. The van der Waals surface area contributed by atoms with Gasteiger partial charge in [0.25, 0.3) is 0 Å². The van der Waals surface area contributed by atoms with E-state index >= 15 is 0 Å². The third-order valence-corrected chi connectivity index (χ3v) is 4.08. The third kappa shape index (κ3) is 2.61. The van der Waals surface area contributed by atoms with E-state index in [9.17, 15) is 14.4 Å². The smallest absolute Gasteiger partial charge is 0.329 e. The van der Waals surface area contributed by atoms with Crippen molar-refractivity contribution >= 4 is 28.5 Å². The predicted molar refractivity (Wildman–Crippen MR) is 86.1 cm³/mol. The van der Waals surface area contributed by atoms with Crippen molar-refractivity contribution in [2.45, 2.75) is 18.9 Å². The summed E-state index contributed by atoms with van der Waals surface area (Å²) in [6, 6.07) is 4.85. The van der Waals surface area contributed by atoms with Crippen LogP contribution < -0.4 is 22.1 Å². The molecule has 2 aromatic rings. The summed E-state index contributed by atoms with van der Waals surface area (Å²) >= 11 is 0. The first-order valence-electron chi connectivity index (χ1n) is 7.51. The third-order valence-electron chi connectivity index (χ3n) is 4.08. The van der Waals surface area contributed by atoms with Crippen molar-refractivity contribution in [3.05, 3.63) is 28.7 Å². The van der Waals surface area contributed by atoms with Gasteiger partial charge in [-0.2, -0.15) is 0 Å². The number of carbonyl (C=O) groups excluding carboxylic acids is 2. The quantitative estimate of drug-likeness (QED) is 0.670. The molecule has 3 rings (SSSR count). The minimum Gasteiger partial charge on any atom is -0.384 e. The number of fused-ring (bicyclic) bond motifs is 1. The molecule has 0 bridgehead atoms. The van der Waals surface area contributed by atoms with Crippen LogP contribution in [0.5, 0.6) is 0 Å². The van der Waals surface area contributed by atoms with E-state index in [1.165, 1.54) is 9.13 Å². The first-order valence-corrected chi connectivity index (χ1v) is 7.51. The zero-order valence-electron chi connectivity index (χ0n) is 12.8. The van der Waals surface area contributed by atoms with E-state index in [1.54, 1.807) is 13.1 Å². The maximum atomic E-state index is 12.6. The van der Waals surface area contributed by atoms with Crippen LogP contribution in [-0.2, 0) is 16.6 Å². The fraction of sp³-hybridized carbons (Fsp3) is 0.400. The van der Waals surface area contributed by atoms with Crippen LogP contribution in [0, 0.1) is 0 Å². The summed E-state index contributed by atoms with van der Waals surface area (Å²) < 4.78 is 2.97. The Hall–Kier alpha value is -2.61. The number of carbonyl (C=O) groups is 2. The highest BCUT2D eigenvalue weighted by Gasteiger charge is 2.31. The second-order valence-corrected chi connectivity index (χ2v) is 5.60. The minimum absolute atomic E-state index is 0.232. The van der Waals surface area contributed by atoms with Gasteiger partial charge in [0.15, 0.2) is 0 Å². The molecule has 8 nitrogen and oxygen atoms in total. The number of benzene rings is 1. The Morgan fingerprint density at radius 3 is 2.78 bits per heavy atom. The monoisotopic (exact) mass is 317 g/mol. The van der Waals surface area contributed by atoms with Gasteiger partial charge in [-0.15, -0.1) is 0 Å².